The Morgan fingerprint density at radius 1 is 1.00 bits per heavy atom. The number of likely N-dealkylation sites (tertiary alicyclic amines) is 1. The topological polar surface area (TPSA) is 81.6 Å². The fraction of sp³-hybridized carbons (Fsp3) is 0.375. The van der Waals surface area contributed by atoms with Gasteiger partial charge in [0.2, 0.25) is 5.95 Å². The van der Waals surface area contributed by atoms with Crippen LogP contribution in [0.1, 0.15) is 35.2 Å². The van der Waals surface area contributed by atoms with Crippen LogP contribution in [0.25, 0.3) is 10.8 Å². The summed E-state index contributed by atoms with van der Waals surface area (Å²) in [5.41, 5.74) is 3.64. The molecule has 2 N–H and O–H groups in total. The molecule has 1 spiro atoms. The Morgan fingerprint density at radius 3 is 2.44 bits per heavy atom. The van der Waals surface area contributed by atoms with E-state index in [2.05, 4.69) is 62.2 Å². The van der Waals surface area contributed by atoms with E-state index >= 15 is 0 Å². The number of hydroxylamine groups is 1. The summed E-state index contributed by atoms with van der Waals surface area (Å²) in [5, 5.41) is 11.4. The van der Waals surface area contributed by atoms with Crippen LogP contribution < -0.4 is 10.4 Å². The number of benzene rings is 2. The van der Waals surface area contributed by atoms with Crippen molar-refractivity contribution in [2.24, 2.45) is 5.41 Å². The zero-order valence-electron chi connectivity index (χ0n) is 17.9. The smallest absolute Gasteiger partial charge is 0.277 e. The first kappa shape index (κ1) is 22.5. The summed E-state index contributed by atoms with van der Waals surface area (Å²) in [5.74, 6) is 0.0522. The van der Waals surface area contributed by atoms with E-state index in [4.69, 9.17) is 5.21 Å². The van der Waals surface area contributed by atoms with Gasteiger partial charge in [0, 0.05) is 38.6 Å². The van der Waals surface area contributed by atoms with Crippen LogP contribution in [0, 0.1) is 5.41 Å². The average molecular weight is 454 g/mol. The van der Waals surface area contributed by atoms with Crippen molar-refractivity contribution in [2.45, 2.75) is 25.8 Å². The van der Waals surface area contributed by atoms with Crippen molar-refractivity contribution < 1.29 is 10.0 Å². The van der Waals surface area contributed by atoms with Crippen LogP contribution >= 0.6 is 12.4 Å². The highest BCUT2D eigenvalue weighted by Gasteiger charge is 2.40. The normalized spacial score (nSPS) is 18.0. The second kappa shape index (κ2) is 9.40. The summed E-state index contributed by atoms with van der Waals surface area (Å²) in [6.45, 7) is 5.14. The van der Waals surface area contributed by atoms with Gasteiger partial charge < -0.3 is 4.90 Å². The van der Waals surface area contributed by atoms with Crippen LogP contribution in [0.4, 0.5) is 5.95 Å². The van der Waals surface area contributed by atoms with E-state index < -0.39 is 5.91 Å². The lowest BCUT2D eigenvalue weighted by atomic mass is 9.78. The molecule has 0 atom stereocenters. The Kier molecular flexibility index (Phi) is 6.60. The van der Waals surface area contributed by atoms with Gasteiger partial charge in [-0.05, 0) is 47.6 Å². The predicted molar refractivity (Wildman–Crippen MR) is 126 cm³/mol. The molecule has 3 aromatic rings. The molecule has 0 bridgehead atoms. The lowest BCUT2D eigenvalue weighted by molar-refractivity contribution is 0.0705. The van der Waals surface area contributed by atoms with E-state index in [-0.39, 0.29) is 18.0 Å². The number of carbonyl (C=O) groups excluding carboxylic acids is 1. The van der Waals surface area contributed by atoms with Gasteiger partial charge in [0.1, 0.15) is 0 Å². The molecule has 2 saturated heterocycles. The predicted octanol–water partition coefficient (Wildman–Crippen LogP) is 3.66. The lowest BCUT2D eigenvalue weighted by Crippen LogP contribution is -2.42. The summed E-state index contributed by atoms with van der Waals surface area (Å²) in [4.78, 5) is 24.9. The number of rotatable bonds is 4. The highest BCUT2D eigenvalue weighted by molar-refractivity contribution is 5.92. The van der Waals surface area contributed by atoms with E-state index in [0.717, 1.165) is 45.6 Å². The Balaban J connectivity index is 0.00000245. The fourth-order valence-electron chi connectivity index (χ4n) is 5.09. The molecular weight excluding hydrogens is 426 g/mol. The van der Waals surface area contributed by atoms with Gasteiger partial charge in [-0.2, -0.15) is 0 Å². The third kappa shape index (κ3) is 4.41. The van der Waals surface area contributed by atoms with Gasteiger partial charge in [-0.25, -0.2) is 15.4 Å². The Bertz CT molecular complexity index is 1080. The van der Waals surface area contributed by atoms with Gasteiger partial charge >= 0.3 is 0 Å². The number of piperidine rings is 1. The summed E-state index contributed by atoms with van der Waals surface area (Å²) in [7, 11) is 0. The van der Waals surface area contributed by atoms with Gasteiger partial charge in [-0.1, -0.05) is 42.5 Å². The molecule has 2 aromatic carbocycles. The molecule has 0 unspecified atom stereocenters. The van der Waals surface area contributed by atoms with Crippen LogP contribution in [-0.2, 0) is 6.54 Å². The Hall–Kier alpha value is -2.74. The second-order valence-corrected chi connectivity index (χ2v) is 8.80. The van der Waals surface area contributed by atoms with Crippen molar-refractivity contribution in [1.82, 2.24) is 20.3 Å². The minimum Gasteiger partial charge on any atom is -0.341 e. The maximum absolute atomic E-state index is 11.4. The molecule has 1 aromatic heterocycles. The van der Waals surface area contributed by atoms with Gasteiger partial charge in [-0.15, -0.1) is 12.4 Å². The molecule has 5 rings (SSSR count). The lowest BCUT2D eigenvalue weighted by Gasteiger charge is -2.39. The van der Waals surface area contributed by atoms with Gasteiger partial charge in [0.05, 0.1) is 5.56 Å². The third-order valence-corrected chi connectivity index (χ3v) is 6.90. The molecule has 2 fully saturated rings. The maximum atomic E-state index is 11.4. The molecule has 32 heavy (non-hydrogen) atoms. The van der Waals surface area contributed by atoms with Crippen LogP contribution in [0.2, 0.25) is 0 Å². The number of anilines is 1. The molecule has 8 heteroatoms. The number of nitrogens with zero attached hydrogens (tertiary/aromatic N) is 4. The largest absolute Gasteiger partial charge is 0.341 e. The third-order valence-electron chi connectivity index (χ3n) is 6.90. The SMILES string of the molecule is Cl.O=C(NO)c1cnc(N2CCC3(CCN(Cc4cccc5ccccc45)C3)CC2)nc1. The highest BCUT2D eigenvalue weighted by Crippen LogP contribution is 2.41. The van der Waals surface area contributed by atoms with E-state index in [9.17, 15) is 4.79 Å². The van der Waals surface area contributed by atoms with E-state index in [1.54, 1.807) is 5.48 Å². The standard InChI is InChI=1S/C24H27N5O2.ClH/c30-22(27-31)20-14-25-23(26-15-20)29-12-9-24(10-13-29)8-11-28(17-24)16-19-6-3-5-18-4-1-2-7-21(18)19;/h1-7,14-15,31H,8-13,16-17H2,(H,27,30);1H. The number of fused-ring (bicyclic) bond motifs is 1. The summed E-state index contributed by atoms with van der Waals surface area (Å²) in [6, 6.07) is 15.2. The molecule has 168 valence electrons. The quantitative estimate of drug-likeness (QED) is 0.463. The number of hydrogen-bond donors (Lipinski definition) is 2. The van der Waals surface area contributed by atoms with Crippen molar-refractivity contribution in [1.29, 1.82) is 0 Å². The zero-order chi connectivity index (χ0) is 21.3. The number of amides is 1. The fourth-order valence-corrected chi connectivity index (χ4v) is 5.09. The summed E-state index contributed by atoms with van der Waals surface area (Å²) < 4.78 is 0. The number of hydrogen-bond acceptors (Lipinski definition) is 6. The molecule has 0 saturated carbocycles. The molecule has 2 aliphatic rings. The van der Waals surface area contributed by atoms with Gasteiger partial charge in [0.15, 0.2) is 0 Å². The number of nitrogens with one attached hydrogen (secondary N) is 1. The van der Waals surface area contributed by atoms with E-state index in [1.165, 1.54) is 35.2 Å². The first-order valence-electron chi connectivity index (χ1n) is 10.9. The molecule has 3 heterocycles. The van der Waals surface area contributed by atoms with Crippen LogP contribution in [-0.4, -0.2) is 52.2 Å². The van der Waals surface area contributed by atoms with E-state index in [0.29, 0.717) is 11.4 Å². The molecule has 0 aliphatic carbocycles. The Morgan fingerprint density at radius 2 is 1.69 bits per heavy atom. The molecule has 1 amide bonds. The molecule has 2 aliphatic heterocycles. The Labute approximate surface area is 193 Å². The summed E-state index contributed by atoms with van der Waals surface area (Å²) in [6.07, 6.45) is 6.41. The molecular formula is C24H28ClN5O2. The number of carbonyl (C=O) groups is 1. The first-order valence-corrected chi connectivity index (χ1v) is 10.9. The van der Waals surface area contributed by atoms with Crippen LogP contribution in [0.5, 0.6) is 0 Å². The van der Waals surface area contributed by atoms with Gasteiger partial charge in [0.25, 0.3) is 5.91 Å². The van der Waals surface area contributed by atoms with Crippen molar-refractivity contribution in [3.63, 3.8) is 0 Å². The van der Waals surface area contributed by atoms with Crippen molar-refractivity contribution >= 4 is 35.0 Å². The number of aromatic nitrogens is 2. The van der Waals surface area contributed by atoms with Crippen molar-refractivity contribution in [2.75, 3.05) is 31.1 Å². The maximum Gasteiger partial charge on any atom is 0.277 e. The minimum atomic E-state index is -0.596. The summed E-state index contributed by atoms with van der Waals surface area (Å²) >= 11 is 0. The zero-order valence-corrected chi connectivity index (χ0v) is 18.7. The van der Waals surface area contributed by atoms with Gasteiger partial charge in [-0.3, -0.25) is 14.9 Å². The van der Waals surface area contributed by atoms with Crippen LogP contribution in [0.3, 0.4) is 0 Å². The first-order chi connectivity index (χ1) is 15.2. The number of halogens is 1. The highest BCUT2D eigenvalue weighted by atomic mass is 35.5. The van der Waals surface area contributed by atoms with Crippen molar-refractivity contribution in [3.8, 4) is 0 Å². The van der Waals surface area contributed by atoms with Crippen LogP contribution in [0.15, 0.2) is 54.9 Å². The second-order valence-electron chi connectivity index (χ2n) is 8.80. The minimum absolute atomic E-state index is 0. The monoisotopic (exact) mass is 453 g/mol. The molecule has 0 radical (unpaired) electrons. The van der Waals surface area contributed by atoms with Crippen molar-refractivity contribution in [3.05, 3.63) is 66.0 Å². The molecule has 7 nitrogen and oxygen atoms in total. The van der Waals surface area contributed by atoms with E-state index in [1.807, 2.05) is 0 Å². The average Bonchev–Trinajstić information content (AvgIpc) is 3.21.